The van der Waals surface area contributed by atoms with Crippen molar-refractivity contribution in [3.8, 4) is 5.75 Å². The quantitative estimate of drug-likeness (QED) is 0.806. The lowest BCUT2D eigenvalue weighted by molar-refractivity contribution is -0.134. The number of ether oxygens (including phenoxy) is 1. The minimum Gasteiger partial charge on any atom is -0.496 e. The average Bonchev–Trinajstić information content (AvgIpc) is 2.69. The molecular weight excluding hydrogens is 362 g/mol. The molecule has 1 amide bonds. The minimum atomic E-state index is 0.313. The van der Waals surface area contributed by atoms with E-state index >= 15 is 0 Å². The number of rotatable bonds is 6. The summed E-state index contributed by atoms with van der Waals surface area (Å²) in [6.45, 7) is 8.60. The lowest BCUT2D eigenvalue weighted by Gasteiger charge is -2.36. The van der Waals surface area contributed by atoms with E-state index in [1.54, 1.807) is 7.11 Å². The average molecular weight is 394 g/mol. The van der Waals surface area contributed by atoms with Gasteiger partial charge in [-0.15, -0.1) is 0 Å². The van der Waals surface area contributed by atoms with Crippen LogP contribution in [0.4, 0.5) is 0 Å². The zero-order valence-electron chi connectivity index (χ0n) is 16.5. The second-order valence-electron chi connectivity index (χ2n) is 7.90. The van der Waals surface area contributed by atoms with Gasteiger partial charge in [0.1, 0.15) is 5.75 Å². The van der Waals surface area contributed by atoms with Gasteiger partial charge in [0.15, 0.2) is 0 Å². The monoisotopic (exact) mass is 393 g/mol. The third-order valence-corrected chi connectivity index (χ3v) is 6.23. The molecule has 2 heterocycles. The summed E-state index contributed by atoms with van der Waals surface area (Å²) in [5.41, 5.74) is 1.10. The maximum atomic E-state index is 12.7. The molecule has 1 aromatic carbocycles. The van der Waals surface area contributed by atoms with Crippen LogP contribution in [0.2, 0.25) is 5.02 Å². The molecular formula is C21H32ClN3O2. The molecule has 1 N–H and O–H groups in total. The van der Waals surface area contributed by atoms with Crippen molar-refractivity contribution in [3.63, 3.8) is 0 Å². The molecule has 0 aromatic heterocycles. The van der Waals surface area contributed by atoms with Gasteiger partial charge in [-0.05, 0) is 56.0 Å². The molecule has 2 fully saturated rings. The Bertz CT molecular complexity index is 626. The second-order valence-corrected chi connectivity index (χ2v) is 8.34. The first-order valence-corrected chi connectivity index (χ1v) is 10.5. The van der Waals surface area contributed by atoms with Crippen LogP contribution in [0.25, 0.3) is 0 Å². The summed E-state index contributed by atoms with van der Waals surface area (Å²) < 4.78 is 5.45. The Morgan fingerprint density at radius 3 is 2.78 bits per heavy atom. The van der Waals surface area contributed by atoms with Crippen LogP contribution in [0.15, 0.2) is 18.2 Å². The van der Waals surface area contributed by atoms with Crippen molar-refractivity contribution < 1.29 is 9.53 Å². The predicted molar refractivity (Wildman–Crippen MR) is 109 cm³/mol. The van der Waals surface area contributed by atoms with Gasteiger partial charge in [-0.3, -0.25) is 9.69 Å². The van der Waals surface area contributed by atoms with Crippen molar-refractivity contribution in [2.45, 2.75) is 32.7 Å². The second kappa shape index (κ2) is 9.76. The Labute approximate surface area is 168 Å². The Kier molecular flexibility index (Phi) is 7.39. The van der Waals surface area contributed by atoms with Crippen molar-refractivity contribution in [2.24, 2.45) is 11.8 Å². The first-order chi connectivity index (χ1) is 13.1. The van der Waals surface area contributed by atoms with E-state index in [1.165, 1.54) is 12.8 Å². The van der Waals surface area contributed by atoms with Crippen LogP contribution >= 0.6 is 11.6 Å². The van der Waals surface area contributed by atoms with E-state index in [1.807, 2.05) is 23.1 Å². The lowest BCUT2D eigenvalue weighted by Crippen LogP contribution is -2.49. The molecule has 0 bridgehead atoms. The molecule has 6 heteroatoms. The summed E-state index contributed by atoms with van der Waals surface area (Å²) in [5, 5.41) is 4.19. The van der Waals surface area contributed by atoms with Crippen molar-refractivity contribution in [1.82, 2.24) is 15.1 Å². The number of halogens is 1. The van der Waals surface area contributed by atoms with Gasteiger partial charge in [0.05, 0.1) is 7.11 Å². The van der Waals surface area contributed by atoms with E-state index in [0.29, 0.717) is 24.2 Å². The van der Waals surface area contributed by atoms with Crippen LogP contribution in [0, 0.1) is 11.8 Å². The number of carbonyl (C=O) groups is 1. The van der Waals surface area contributed by atoms with Crippen LogP contribution in [-0.2, 0) is 11.3 Å². The highest BCUT2D eigenvalue weighted by Crippen LogP contribution is 2.25. The molecule has 3 rings (SSSR count). The van der Waals surface area contributed by atoms with E-state index in [2.05, 4.69) is 17.1 Å². The molecule has 2 unspecified atom stereocenters. The number of nitrogens with zero attached hydrogens (tertiary/aromatic N) is 2. The molecule has 5 nitrogen and oxygen atoms in total. The fourth-order valence-electron chi connectivity index (χ4n) is 4.20. The van der Waals surface area contributed by atoms with E-state index in [9.17, 15) is 4.79 Å². The molecule has 0 spiro atoms. The number of piperazine rings is 1. The minimum absolute atomic E-state index is 0.313. The van der Waals surface area contributed by atoms with E-state index in [-0.39, 0.29) is 0 Å². The number of hydrogen-bond acceptors (Lipinski definition) is 4. The van der Waals surface area contributed by atoms with E-state index < -0.39 is 0 Å². The smallest absolute Gasteiger partial charge is 0.222 e. The SMILES string of the molecule is COc1ccc(Cl)cc1CN1CCN(C(=O)CC(C)C2CCCNC2)CC1. The Hall–Kier alpha value is -1.30. The van der Waals surface area contributed by atoms with Crippen LogP contribution < -0.4 is 10.1 Å². The van der Waals surface area contributed by atoms with Crippen LogP contribution in [0.5, 0.6) is 5.75 Å². The molecule has 150 valence electrons. The predicted octanol–water partition coefficient (Wildman–Crippen LogP) is 3.02. The molecule has 0 aliphatic carbocycles. The lowest BCUT2D eigenvalue weighted by atomic mass is 9.85. The fourth-order valence-corrected chi connectivity index (χ4v) is 4.40. The molecule has 2 atom stereocenters. The highest BCUT2D eigenvalue weighted by atomic mass is 35.5. The topological polar surface area (TPSA) is 44.8 Å². The number of piperidine rings is 1. The Morgan fingerprint density at radius 1 is 1.33 bits per heavy atom. The number of hydrogen-bond donors (Lipinski definition) is 1. The highest BCUT2D eigenvalue weighted by molar-refractivity contribution is 6.30. The maximum absolute atomic E-state index is 12.7. The van der Waals surface area contributed by atoms with Crippen molar-refractivity contribution in [1.29, 1.82) is 0 Å². The number of carbonyl (C=O) groups excluding carboxylic acids is 1. The molecule has 0 saturated carbocycles. The van der Waals surface area contributed by atoms with Crippen LogP contribution in [-0.4, -0.2) is 62.1 Å². The molecule has 0 radical (unpaired) electrons. The van der Waals surface area contributed by atoms with Gasteiger partial charge in [0, 0.05) is 49.7 Å². The zero-order chi connectivity index (χ0) is 19.2. The van der Waals surface area contributed by atoms with Gasteiger partial charge in [-0.25, -0.2) is 0 Å². The molecule has 1 aromatic rings. The maximum Gasteiger partial charge on any atom is 0.222 e. The fraction of sp³-hybridized carbons (Fsp3) is 0.667. The number of amides is 1. The Balaban J connectivity index is 1.47. The van der Waals surface area contributed by atoms with E-state index in [4.69, 9.17) is 16.3 Å². The molecule has 27 heavy (non-hydrogen) atoms. The first kappa shape index (κ1) is 20.4. The normalized spacial score (nSPS) is 22.5. The summed E-state index contributed by atoms with van der Waals surface area (Å²) in [6, 6.07) is 5.74. The first-order valence-electron chi connectivity index (χ1n) is 10.1. The number of methoxy groups -OCH3 is 1. The third kappa shape index (κ3) is 5.59. The van der Waals surface area contributed by atoms with Crippen molar-refractivity contribution in [2.75, 3.05) is 46.4 Å². The van der Waals surface area contributed by atoms with Crippen LogP contribution in [0.3, 0.4) is 0 Å². The van der Waals surface area contributed by atoms with Gasteiger partial charge in [-0.2, -0.15) is 0 Å². The summed E-state index contributed by atoms with van der Waals surface area (Å²) in [6.07, 6.45) is 3.15. The van der Waals surface area contributed by atoms with Crippen molar-refractivity contribution >= 4 is 17.5 Å². The standard InChI is InChI=1S/C21H32ClN3O2/c1-16(17-4-3-7-23-14-17)12-21(26)25-10-8-24(9-11-25)15-18-13-19(22)5-6-20(18)27-2/h5-6,13,16-17,23H,3-4,7-12,14-15H2,1-2H3. The highest BCUT2D eigenvalue weighted by Gasteiger charge is 2.26. The molecule has 2 saturated heterocycles. The van der Waals surface area contributed by atoms with Gasteiger partial charge < -0.3 is 15.0 Å². The summed E-state index contributed by atoms with van der Waals surface area (Å²) in [7, 11) is 1.69. The largest absolute Gasteiger partial charge is 0.496 e. The summed E-state index contributed by atoms with van der Waals surface area (Å²) in [4.78, 5) is 17.1. The van der Waals surface area contributed by atoms with Gasteiger partial charge >= 0.3 is 0 Å². The molecule has 2 aliphatic heterocycles. The van der Waals surface area contributed by atoms with Crippen molar-refractivity contribution in [3.05, 3.63) is 28.8 Å². The third-order valence-electron chi connectivity index (χ3n) is 6.00. The summed E-state index contributed by atoms with van der Waals surface area (Å²) in [5.74, 6) is 2.28. The number of benzene rings is 1. The Morgan fingerprint density at radius 2 is 2.11 bits per heavy atom. The van der Waals surface area contributed by atoms with E-state index in [0.717, 1.165) is 62.1 Å². The van der Waals surface area contributed by atoms with Crippen LogP contribution in [0.1, 0.15) is 31.7 Å². The van der Waals surface area contributed by atoms with Gasteiger partial charge in [0.2, 0.25) is 5.91 Å². The zero-order valence-corrected chi connectivity index (χ0v) is 17.3. The van der Waals surface area contributed by atoms with Gasteiger partial charge in [0.25, 0.3) is 0 Å². The van der Waals surface area contributed by atoms with Gasteiger partial charge in [-0.1, -0.05) is 18.5 Å². The molecule has 2 aliphatic rings. The summed E-state index contributed by atoms with van der Waals surface area (Å²) >= 11 is 6.14. The number of nitrogens with one attached hydrogen (secondary N) is 1.